The summed E-state index contributed by atoms with van der Waals surface area (Å²) in [7, 11) is 1.66. The number of methoxy groups -OCH3 is 1. The van der Waals surface area contributed by atoms with Gasteiger partial charge in [-0.2, -0.15) is 0 Å². The molecule has 1 atom stereocenters. The highest BCUT2D eigenvalue weighted by molar-refractivity contribution is 5.93. The number of aryl methyl sites for hydroxylation is 1. The van der Waals surface area contributed by atoms with Gasteiger partial charge in [0.1, 0.15) is 5.75 Å². The summed E-state index contributed by atoms with van der Waals surface area (Å²) in [6.07, 6.45) is 4.77. The second-order valence-corrected chi connectivity index (χ2v) is 6.94. The molecule has 1 aromatic heterocycles. The number of ether oxygens (including phenoxy) is 2. The molecule has 2 aliphatic rings. The number of hydrogen-bond acceptors (Lipinski definition) is 5. The molecule has 6 heteroatoms. The molecule has 0 spiro atoms. The molecule has 4 rings (SSSR count). The Morgan fingerprint density at radius 1 is 1.27 bits per heavy atom. The van der Waals surface area contributed by atoms with Gasteiger partial charge < -0.3 is 18.9 Å². The highest BCUT2D eigenvalue weighted by Gasteiger charge is 2.31. The third-order valence-corrected chi connectivity index (χ3v) is 5.20. The number of hydrogen-bond donors (Lipinski definition) is 0. The van der Waals surface area contributed by atoms with Gasteiger partial charge in [-0.15, -0.1) is 0 Å². The quantitative estimate of drug-likeness (QED) is 0.843. The zero-order valence-electron chi connectivity index (χ0n) is 15.1. The van der Waals surface area contributed by atoms with Crippen molar-refractivity contribution < 1.29 is 18.8 Å². The lowest BCUT2D eigenvalue weighted by molar-refractivity contribution is -0.0220. The normalized spacial score (nSPS) is 19.9. The van der Waals surface area contributed by atoms with Crippen LogP contribution in [0.1, 0.15) is 40.2 Å². The first kappa shape index (κ1) is 17.1. The Morgan fingerprint density at radius 2 is 2.08 bits per heavy atom. The number of fused-ring (bicyclic) bond motifs is 1. The summed E-state index contributed by atoms with van der Waals surface area (Å²) in [5.74, 6) is 1.22. The molecule has 138 valence electrons. The summed E-state index contributed by atoms with van der Waals surface area (Å²) in [5, 5.41) is 4.11. The standard InChI is InChI=1S/C20H24N2O4/c1-24-15-8-6-14(7-9-15)12-16-13-22(10-11-25-16)20(23)19-17-4-2-3-5-18(17)21-26-19/h6-9,16H,2-5,10-13H2,1H3/t16-/m1/s1. The smallest absolute Gasteiger partial charge is 0.292 e. The van der Waals surface area contributed by atoms with E-state index in [-0.39, 0.29) is 12.0 Å². The van der Waals surface area contributed by atoms with Crippen LogP contribution < -0.4 is 4.74 Å². The molecule has 1 amide bonds. The number of rotatable bonds is 4. The van der Waals surface area contributed by atoms with E-state index in [9.17, 15) is 4.79 Å². The maximum Gasteiger partial charge on any atom is 0.292 e. The number of carbonyl (C=O) groups excluding carboxylic acids is 1. The molecule has 26 heavy (non-hydrogen) atoms. The number of aromatic nitrogens is 1. The zero-order valence-corrected chi connectivity index (χ0v) is 15.1. The maximum atomic E-state index is 12.9. The van der Waals surface area contributed by atoms with Gasteiger partial charge in [-0.25, -0.2) is 0 Å². The van der Waals surface area contributed by atoms with Gasteiger partial charge in [0.2, 0.25) is 5.76 Å². The first-order chi connectivity index (χ1) is 12.7. The van der Waals surface area contributed by atoms with Crippen molar-refractivity contribution in [3.63, 3.8) is 0 Å². The fraction of sp³-hybridized carbons (Fsp3) is 0.500. The van der Waals surface area contributed by atoms with Crippen LogP contribution in [-0.2, 0) is 24.0 Å². The summed E-state index contributed by atoms with van der Waals surface area (Å²) in [5.41, 5.74) is 3.14. The first-order valence-electron chi connectivity index (χ1n) is 9.26. The van der Waals surface area contributed by atoms with Gasteiger partial charge in [-0.1, -0.05) is 17.3 Å². The second-order valence-electron chi connectivity index (χ2n) is 6.94. The van der Waals surface area contributed by atoms with Gasteiger partial charge in [-0.3, -0.25) is 4.79 Å². The molecular formula is C20H24N2O4. The van der Waals surface area contributed by atoms with Gasteiger partial charge in [0, 0.05) is 25.1 Å². The molecule has 0 N–H and O–H groups in total. The van der Waals surface area contributed by atoms with Crippen molar-refractivity contribution >= 4 is 5.91 Å². The Bertz CT molecular complexity index is 769. The Labute approximate surface area is 153 Å². The average molecular weight is 356 g/mol. The van der Waals surface area contributed by atoms with Gasteiger partial charge in [0.25, 0.3) is 5.91 Å². The molecule has 1 fully saturated rings. The van der Waals surface area contributed by atoms with E-state index in [0.717, 1.165) is 49.1 Å². The van der Waals surface area contributed by atoms with E-state index in [1.807, 2.05) is 29.2 Å². The van der Waals surface area contributed by atoms with Crippen molar-refractivity contribution in [2.24, 2.45) is 0 Å². The summed E-state index contributed by atoms with van der Waals surface area (Å²) < 4.78 is 16.5. The lowest BCUT2D eigenvalue weighted by Crippen LogP contribution is -2.46. The largest absolute Gasteiger partial charge is 0.497 e. The van der Waals surface area contributed by atoms with E-state index in [1.54, 1.807) is 7.11 Å². The minimum absolute atomic E-state index is 0.0140. The van der Waals surface area contributed by atoms with Crippen LogP contribution in [0.4, 0.5) is 0 Å². The Hall–Kier alpha value is -2.34. The first-order valence-corrected chi connectivity index (χ1v) is 9.26. The Kier molecular flexibility index (Phi) is 4.93. The van der Waals surface area contributed by atoms with Crippen molar-refractivity contribution in [1.82, 2.24) is 10.1 Å². The number of amides is 1. The van der Waals surface area contributed by atoms with Crippen LogP contribution in [0, 0.1) is 0 Å². The van der Waals surface area contributed by atoms with Crippen molar-refractivity contribution in [3.05, 3.63) is 46.8 Å². The van der Waals surface area contributed by atoms with Crippen LogP contribution in [-0.4, -0.2) is 48.9 Å². The van der Waals surface area contributed by atoms with E-state index in [2.05, 4.69) is 5.16 Å². The van der Waals surface area contributed by atoms with Crippen molar-refractivity contribution in [1.29, 1.82) is 0 Å². The second kappa shape index (κ2) is 7.50. The fourth-order valence-electron chi connectivity index (χ4n) is 3.75. The van der Waals surface area contributed by atoms with E-state index in [1.165, 1.54) is 5.56 Å². The van der Waals surface area contributed by atoms with Gasteiger partial charge >= 0.3 is 0 Å². The molecule has 1 aromatic carbocycles. The predicted octanol–water partition coefficient (Wildman–Crippen LogP) is 2.65. The van der Waals surface area contributed by atoms with E-state index >= 15 is 0 Å². The summed E-state index contributed by atoms with van der Waals surface area (Å²) in [4.78, 5) is 14.8. The Balaban J connectivity index is 1.42. The molecule has 0 bridgehead atoms. The minimum Gasteiger partial charge on any atom is -0.497 e. The highest BCUT2D eigenvalue weighted by atomic mass is 16.5. The van der Waals surface area contributed by atoms with E-state index < -0.39 is 0 Å². The SMILES string of the molecule is COc1ccc(C[C@@H]2CN(C(=O)c3onc4c3CCCC4)CCO2)cc1. The summed E-state index contributed by atoms with van der Waals surface area (Å²) in [6.45, 7) is 1.71. The number of benzene rings is 1. The number of carbonyl (C=O) groups is 1. The molecule has 1 saturated heterocycles. The van der Waals surface area contributed by atoms with Crippen LogP contribution in [0.2, 0.25) is 0 Å². The lowest BCUT2D eigenvalue weighted by Gasteiger charge is -2.32. The number of nitrogens with zero attached hydrogens (tertiary/aromatic N) is 2. The molecule has 2 aromatic rings. The van der Waals surface area contributed by atoms with Crippen molar-refractivity contribution in [2.45, 2.75) is 38.2 Å². The van der Waals surface area contributed by atoms with Gasteiger partial charge in [0.05, 0.1) is 25.5 Å². The van der Waals surface area contributed by atoms with Crippen LogP contribution in [0.3, 0.4) is 0 Å². The predicted molar refractivity (Wildman–Crippen MR) is 95.5 cm³/mol. The van der Waals surface area contributed by atoms with Gasteiger partial charge in [0.15, 0.2) is 0 Å². The Morgan fingerprint density at radius 3 is 2.88 bits per heavy atom. The third-order valence-electron chi connectivity index (χ3n) is 5.20. The molecule has 2 heterocycles. The minimum atomic E-state index is -0.0521. The molecule has 0 radical (unpaired) electrons. The molecule has 1 aliphatic carbocycles. The van der Waals surface area contributed by atoms with Crippen LogP contribution in [0.15, 0.2) is 28.8 Å². The van der Waals surface area contributed by atoms with Crippen molar-refractivity contribution in [2.75, 3.05) is 26.8 Å². The summed E-state index contributed by atoms with van der Waals surface area (Å²) in [6, 6.07) is 7.97. The maximum absolute atomic E-state index is 12.9. The third kappa shape index (κ3) is 3.46. The molecule has 0 saturated carbocycles. The van der Waals surface area contributed by atoms with E-state index in [4.69, 9.17) is 14.0 Å². The van der Waals surface area contributed by atoms with Gasteiger partial charge in [-0.05, 0) is 43.4 Å². The average Bonchev–Trinajstić information content (AvgIpc) is 3.12. The highest BCUT2D eigenvalue weighted by Crippen LogP contribution is 2.25. The topological polar surface area (TPSA) is 64.8 Å². The van der Waals surface area contributed by atoms with E-state index in [0.29, 0.717) is 25.5 Å². The monoisotopic (exact) mass is 356 g/mol. The molecule has 6 nitrogen and oxygen atoms in total. The molecule has 0 unspecified atom stereocenters. The lowest BCUT2D eigenvalue weighted by atomic mass is 9.95. The van der Waals surface area contributed by atoms with Crippen LogP contribution >= 0.6 is 0 Å². The fourth-order valence-corrected chi connectivity index (χ4v) is 3.75. The van der Waals surface area contributed by atoms with Crippen molar-refractivity contribution in [3.8, 4) is 5.75 Å². The van der Waals surface area contributed by atoms with Crippen LogP contribution in [0.25, 0.3) is 0 Å². The molecule has 1 aliphatic heterocycles. The summed E-state index contributed by atoms with van der Waals surface area (Å²) >= 11 is 0. The molecular weight excluding hydrogens is 332 g/mol. The van der Waals surface area contributed by atoms with Crippen LogP contribution in [0.5, 0.6) is 5.75 Å². The zero-order chi connectivity index (χ0) is 17.9. The number of morpholine rings is 1.